The van der Waals surface area contributed by atoms with Crippen LogP contribution < -0.4 is 11.0 Å². The minimum Gasteiger partial charge on any atom is -0.324 e. The Bertz CT molecular complexity index is 804. The molecule has 6 nitrogen and oxygen atoms in total. The topological polar surface area (TPSA) is 68.9 Å². The molecule has 2 aromatic rings. The molecule has 1 aromatic heterocycles. The zero-order valence-electron chi connectivity index (χ0n) is 14.3. The normalized spacial score (nSPS) is 14.1. The van der Waals surface area contributed by atoms with Gasteiger partial charge < -0.3 is 5.32 Å². The van der Waals surface area contributed by atoms with Gasteiger partial charge in [0.05, 0.1) is 0 Å². The van der Waals surface area contributed by atoms with Crippen molar-refractivity contribution in [1.82, 2.24) is 14.3 Å². The van der Waals surface area contributed by atoms with Gasteiger partial charge in [-0.2, -0.15) is 5.10 Å². The van der Waals surface area contributed by atoms with Gasteiger partial charge >= 0.3 is 5.69 Å². The fourth-order valence-corrected chi connectivity index (χ4v) is 3.25. The quantitative estimate of drug-likeness (QED) is 0.936. The van der Waals surface area contributed by atoms with Gasteiger partial charge in [-0.3, -0.25) is 9.36 Å². The monoisotopic (exact) mass is 328 g/mol. The van der Waals surface area contributed by atoms with Crippen LogP contribution in [0, 0.1) is 6.92 Å². The molecule has 3 rings (SSSR count). The van der Waals surface area contributed by atoms with Gasteiger partial charge in [0.1, 0.15) is 12.4 Å². The lowest BCUT2D eigenvalue weighted by Crippen LogP contribution is -2.30. The van der Waals surface area contributed by atoms with E-state index in [1.807, 2.05) is 25.1 Å². The van der Waals surface area contributed by atoms with Crippen LogP contribution in [0.5, 0.6) is 0 Å². The van der Waals surface area contributed by atoms with E-state index in [0.29, 0.717) is 6.54 Å². The van der Waals surface area contributed by atoms with Gasteiger partial charge in [0.25, 0.3) is 0 Å². The van der Waals surface area contributed by atoms with Gasteiger partial charge in [0.15, 0.2) is 0 Å². The summed E-state index contributed by atoms with van der Waals surface area (Å²) < 4.78 is 3.01. The lowest BCUT2D eigenvalue weighted by atomic mass is 10.1. The fourth-order valence-electron chi connectivity index (χ4n) is 3.25. The number of anilines is 1. The number of amides is 1. The second-order valence-corrected chi connectivity index (χ2v) is 6.33. The van der Waals surface area contributed by atoms with Crippen molar-refractivity contribution in [3.8, 4) is 0 Å². The predicted octanol–water partition coefficient (Wildman–Crippen LogP) is 2.28. The first-order valence-corrected chi connectivity index (χ1v) is 8.65. The number of benzene rings is 1. The first-order valence-electron chi connectivity index (χ1n) is 8.65. The van der Waals surface area contributed by atoms with Crippen molar-refractivity contribution in [3.63, 3.8) is 0 Å². The highest BCUT2D eigenvalue weighted by Crippen LogP contribution is 2.21. The van der Waals surface area contributed by atoms with Crippen LogP contribution in [0.15, 0.2) is 23.0 Å². The summed E-state index contributed by atoms with van der Waals surface area (Å²) in [4.78, 5) is 24.8. The van der Waals surface area contributed by atoms with Crippen molar-refractivity contribution in [1.29, 1.82) is 0 Å². The Morgan fingerprint density at radius 1 is 1.29 bits per heavy atom. The summed E-state index contributed by atoms with van der Waals surface area (Å²) in [5.41, 5.74) is 2.79. The summed E-state index contributed by atoms with van der Waals surface area (Å²) in [6, 6.07) is 5.97. The Kier molecular flexibility index (Phi) is 4.83. The number of nitrogens with zero attached hydrogens (tertiary/aromatic N) is 3. The molecule has 0 unspecified atom stereocenters. The number of rotatable bonds is 4. The van der Waals surface area contributed by atoms with Crippen LogP contribution in [0.3, 0.4) is 0 Å². The third kappa shape index (κ3) is 3.27. The van der Waals surface area contributed by atoms with E-state index in [1.54, 1.807) is 4.57 Å². The number of hydrogen-bond donors (Lipinski definition) is 1. The zero-order valence-corrected chi connectivity index (χ0v) is 14.3. The molecule has 1 N–H and O–H groups in total. The van der Waals surface area contributed by atoms with Gasteiger partial charge in [0.2, 0.25) is 5.91 Å². The number of nitrogens with one attached hydrogen (secondary N) is 1. The largest absolute Gasteiger partial charge is 0.346 e. The Hall–Kier alpha value is -2.37. The molecule has 6 heteroatoms. The summed E-state index contributed by atoms with van der Waals surface area (Å²) in [5, 5.41) is 7.31. The van der Waals surface area contributed by atoms with Crippen LogP contribution in [-0.4, -0.2) is 20.3 Å². The van der Waals surface area contributed by atoms with Crippen LogP contribution in [0.25, 0.3) is 0 Å². The molecule has 24 heavy (non-hydrogen) atoms. The SMILES string of the molecule is CCc1cccc(C)c1NC(=O)Cn1nc2n(c1=O)CCCCC2. The number of para-hydroxylation sites is 1. The maximum atomic E-state index is 12.4. The van der Waals surface area contributed by atoms with Crippen molar-refractivity contribution in [2.75, 3.05) is 5.32 Å². The van der Waals surface area contributed by atoms with E-state index in [2.05, 4.69) is 17.3 Å². The molecule has 0 radical (unpaired) electrons. The highest BCUT2D eigenvalue weighted by molar-refractivity contribution is 5.92. The summed E-state index contributed by atoms with van der Waals surface area (Å²) in [5.74, 6) is 0.588. The number of aryl methyl sites for hydroxylation is 3. The van der Waals surface area contributed by atoms with Crippen LogP contribution in [0.4, 0.5) is 5.69 Å². The molecule has 1 amide bonds. The molecule has 0 bridgehead atoms. The second-order valence-electron chi connectivity index (χ2n) is 6.33. The molecule has 2 heterocycles. The average molecular weight is 328 g/mol. The zero-order chi connectivity index (χ0) is 17.1. The molecule has 0 fully saturated rings. The molecule has 1 aliphatic heterocycles. The molecule has 0 saturated carbocycles. The standard InChI is InChI=1S/C18H24N4O2/c1-3-14-9-7-8-13(2)17(14)19-16(23)12-22-18(24)21-11-6-4-5-10-15(21)20-22/h7-9H,3-6,10-12H2,1-2H3,(H,19,23). The van der Waals surface area contributed by atoms with E-state index in [4.69, 9.17) is 0 Å². The van der Waals surface area contributed by atoms with Gasteiger partial charge in [0, 0.05) is 18.7 Å². The molecule has 128 valence electrons. The van der Waals surface area contributed by atoms with Gasteiger partial charge in [-0.1, -0.05) is 31.5 Å². The fraction of sp³-hybridized carbons (Fsp3) is 0.500. The number of fused-ring (bicyclic) bond motifs is 1. The minimum absolute atomic E-state index is 0.0453. The minimum atomic E-state index is -0.214. The third-order valence-corrected chi connectivity index (χ3v) is 4.58. The van der Waals surface area contributed by atoms with E-state index < -0.39 is 0 Å². The first-order chi connectivity index (χ1) is 11.6. The van der Waals surface area contributed by atoms with Crippen LogP contribution >= 0.6 is 0 Å². The van der Waals surface area contributed by atoms with Crippen LogP contribution in [-0.2, 0) is 30.7 Å². The average Bonchev–Trinajstić information content (AvgIpc) is 2.74. The molecular weight excluding hydrogens is 304 g/mol. The van der Waals surface area contributed by atoms with E-state index in [9.17, 15) is 9.59 Å². The maximum Gasteiger partial charge on any atom is 0.346 e. The summed E-state index contributed by atoms with van der Waals surface area (Å²) in [7, 11) is 0. The number of aromatic nitrogens is 3. The van der Waals surface area contributed by atoms with Crippen LogP contribution in [0.1, 0.15) is 43.1 Å². The number of carbonyl (C=O) groups is 1. The van der Waals surface area contributed by atoms with Gasteiger partial charge in [-0.25, -0.2) is 9.48 Å². The Morgan fingerprint density at radius 2 is 2.12 bits per heavy atom. The number of hydrogen-bond acceptors (Lipinski definition) is 3. The smallest absolute Gasteiger partial charge is 0.324 e. The lowest BCUT2D eigenvalue weighted by molar-refractivity contribution is -0.117. The molecule has 0 saturated heterocycles. The lowest BCUT2D eigenvalue weighted by Gasteiger charge is -2.12. The van der Waals surface area contributed by atoms with Gasteiger partial charge in [-0.15, -0.1) is 0 Å². The molecular formula is C18H24N4O2. The highest BCUT2D eigenvalue weighted by atomic mass is 16.2. The summed E-state index contributed by atoms with van der Waals surface area (Å²) >= 11 is 0. The second kappa shape index (κ2) is 7.03. The Morgan fingerprint density at radius 3 is 2.92 bits per heavy atom. The van der Waals surface area contributed by atoms with Crippen molar-refractivity contribution < 1.29 is 4.79 Å². The van der Waals surface area contributed by atoms with Crippen molar-refractivity contribution >= 4 is 11.6 Å². The van der Waals surface area contributed by atoms with E-state index >= 15 is 0 Å². The van der Waals surface area contributed by atoms with Crippen molar-refractivity contribution in [2.24, 2.45) is 0 Å². The predicted molar refractivity (Wildman–Crippen MR) is 93.2 cm³/mol. The van der Waals surface area contributed by atoms with E-state index in [1.165, 1.54) is 4.68 Å². The van der Waals surface area contributed by atoms with E-state index in [-0.39, 0.29) is 18.1 Å². The van der Waals surface area contributed by atoms with Gasteiger partial charge in [-0.05, 0) is 37.3 Å². The third-order valence-electron chi connectivity index (χ3n) is 4.58. The summed E-state index contributed by atoms with van der Waals surface area (Å²) in [6.07, 6.45) is 4.81. The molecule has 0 spiro atoms. The summed E-state index contributed by atoms with van der Waals surface area (Å²) in [6.45, 7) is 4.69. The number of carbonyl (C=O) groups excluding carboxylic acids is 1. The van der Waals surface area contributed by atoms with Crippen molar-refractivity contribution in [2.45, 2.75) is 59.0 Å². The van der Waals surface area contributed by atoms with Crippen molar-refractivity contribution in [3.05, 3.63) is 45.6 Å². The molecule has 0 atom stereocenters. The molecule has 0 aliphatic carbocycles. The molecule has 1 aromatic carbocycles. The highest BCUT2D eigenvalue weighted by Gasteiger charge is 2.18. The molecule has 1 aliphatic rings. The van der Waals surface area contributed by atoms with E-state index in [0.717, 1.165) is 54.7 Å². The maximum absolute atomic E-state index is 12.4. The Balaban J connectivity index is 1.78. The first kappa shape index (κ1) is 16.5. The Labute approximate surface area is 141 Å². The van der Waals surface area contributed by atoms with Crippen LogP contribution in [0.2, 0.25) is 0 Å².